The van der Waals surface area contributed by atoms with E-state index in [1.807, 2.05) is 0 Å². The van der Waals surface area contributed by atoms with Crippen LogP contribution in [0.3, 0.4) is 0 Å². The number of methoxy groups -OCH3 is 2. The lowest BCUT2D eigenvalue weighted by Gasteiger charge is -2.36. The first-order valence-corrected chi connectivity index (χ1v) is 14.8. The Hall–Kier alpha value is -4.73. The number of benzene rings is 1. The van der Waals surface area contributed by atoms with E-state index in [0.717, 1.165) is 12.4 Å². The molecule has 16 heteroatoms. The average molecular weight is 616 g/mol. The largest absolute Gasteiger partial charge is 0.494 e. The van der Waals surface area contributed by atoms with Gasteiger partial charge in [0.2, 0.25) is 27.7 Å². The fourth-order valence-electron chi connectivity index (χ4n) is 4.88. The maximum Gasteiger partial charge on any atom is 0.310 e. The van der Waals surface area contributed by atoms with Crippen molar-refractivity contribution in [2.75, 3.05) is 43.5 Å². The van der Waals surface area contributed by atoms with Gasteiger partial charge in [0.1, 0.15) is 22.9 Å². The molecule has 2 atom stereocenters. The van der Waals surface area contributed by atoms with Crippen molar-refractivity contribution in [3.8, 4) is 28.8 Å². The van der Waals surface area contributed by atoms with Gasteiger partial charge in [0, 0.05) is 13.1 Å². The molecule has 43 heavy (non-hydrogen) atoms. The molecular formula is C27H30FN7O7S. The number of esters is 1. The summed E-state index contributed by atoms with van der Waals surface area (Å²) >= 11 is 0. The number of ether oxygens (including phenoxy) is 3. The lowest BCUT2D eigenvalue weighted by molar-refractivity contribution is -0.148. The van der Waals surface area contributed by atoms with E-state index in [-0.39, 0.29) is 43.8 Å². The molecule has 0 radical (unpaired) electrons. The van der Waals surface area contributed by atoms with Crippen molar-refractivity contribution >= 4 is 27.9 Å². The first kappa shape index (κ1) is 29.8. The van der Waals surface area contributed by atoms with Crippen molar-refractivity contribution < 1.29 is 36.2 Å². The number of carbonyl (C=O) groups is 1. The Bertz CT molecular complexity index is 1690. The summed E-state index contributed by atoms with van der Waals surface area (Å²) in [6.45, 7) is 3.54. The number of hydrogen-bond donors (Lipinski definition) is 1. The molecule has 1 N–H and O–H groups in total. The molecule has 5 rings (SSSR count). The Labute approximate surface area is 246 Å². The number of sulfonamides is 1. The van der Waals surface area contributed by atoms with E-state index in [2.05, 4.69) is 24.9 Å². The van der Waals surface area contributed by atoms with Crippen molar-refractivity contribution in [1.29, 1.82) is 0 Å². The second-order valence-electron chi connectivity index (χ2n) is 9.66. The number of para-hydroxylation sites is 1. The summed E-state index contributed by atoms with van der Waals surface area (Å²) in [5.41, 5.74) is 0.327. The fraction of sp³-hybridized carbons (Fsp3) is 0.370. The van der Waals surface area contributed by atoms with Crippen LogP contribution >= 0.6 is 0 Å². The molecule has 0 saturated carbocycles. The third kappa shape index (κ3) is 6.09. The maximum atomic E-state index is 14.0. The molecule has 4 heterocycles. The highest BCUT2D eigenvalue weighted by atomic mass is 32.2. The predicted octanol–water partition coefficient (Wildman–Crippen LogP) is 2.98. The highest BCUT2D eigenvalue weighted by Crippen LogP contribution is 2.38. The van der Waals surface area contributed by atoms with Gasteiger partial charge in [-0.25, -0.2) is 22.8 Å². The smallest absolute Gasteiger partial charge is 0.310 e. The maximum absolute atomic E-state index is 14.0. The third-order valence-electron chi connectivity index (χ3n) is 6.84. The molecular weight excluding hydrogens is 585 g/mol. The minimum atomic E-state index is -4.26. The highest BCUT2D eigenvalue weighted by molar-refractivity contribution is 7.93. The second kappa shape index (κ2) is 12.2. The van der Waals surface area contributed by atoms with Gasteiger partial charge in [-0.3, -0.25) is 14.1 Å². The number of rotatable bonds is 10. The molecule has 0 aliphatic carbocycles. The van der Waals surface area contributed by atoms with Gasteiger partial charge in [0.15, 0.2) is 11.6 Å². The normalized spacial score (nSPS) is 17.0. The standard InChI is InChI=1S/C27H30FN7O7S/c1-5-41-25(36)17-11-19(15-34(14-17)26-29-12-18(28)13-30-26)43(37,38)33-27-32-31-24(22-10-9-16(2)42-22)35(27)23-20(39-3)7-6-8-21(23)40-4/h6-10,12-13,17,19H,5,11,14-15H2,1-4H3,(H,32,33)/t17-,19-/m1/s1. The zero-order valence-electron chi connectivity index (χ0n) is 23.9. The third-order valence-corrected chi connectivity index (χ3v) is 8.53. The molecule has 14 nitrogen and oxygen atoms in total. The van der Waals surface area contributed by atoms with E-state index in [1.54, 1.807) is 44.2 Å². The van der Waals surface area contributed by atoms with Crippen LogP contribution < -0.4 is 19.1 Å². The summed E-state index contributed by atoms with van der Waals surface area (Å²) in [7, 11) is -1.33. The molecule has 0 spiro atoms. The summed E-state index contributed by atoms with van der Waals surface area (Å²) < 4.78 is 67.7. The van der Waals surface area contributed by atoms with Crippen molar-refractivity contribution in [2.45, 2.75) is 25.5 Å². The van der Waals surface area contributed by atoms with Gasteiger partial charge >= 0.3 is 5.97 Å². The van der Waals surface area contributed by atoms with Gasteiger partial charge in [-0.15, -0.1) is 10.2 Å². The molecule has 4 aromatic rings. The number of aromatic nitrogens is 5. The van der Waals surface area contributed by atoms with Gasteiger partial charge in [-0.05, 0) is 44.5 Å². The van der Waals surface area contributed by atoms with Crippen LogP contribution in [0.1, 0.15) is 19.1 Å². The summed E-state index contributed by atoms with van der Waals surface area (Å²) in [5, 5.41) is 7.25. The summed E-state index contributed by atoms with van der Waals surface area (Å²) in [6, 6.07) is 8.50. The second-order valence-corrected chi connectivity index (χ2v) is 11.6. The number of anilines is 2. The summed E-state index contributed by atoms with van der Waals surface area (Å²) in [5.74, 6) is -0.317. The van der Waals surface area contributed by atoms with Crippen LogP contribution in [0.15, 0.2) is 47.1 Å². The number of hydrogen-bond acceptors (Lipinski definition) is 12. The van der Waals surface area contributed by atoms with E-state index in [9.17, 15) is 17.6 Å². The number of nitrogens with zero attached hydrogens (tertiary/aromatic N) is 6. The predicted molar refractivity (Wildman–Crippen MR) is 152 cm³/mol. The van der Waals surface area contributed by atoms with Crippen molar-refractivity contribution in [1.82, 2.24) is 24.7 Å². The molecule has 3 aromatic heterocycles. The fourth-order valence-corrected chi connectivity index (χ4v) is 6.29. The highest BCUT2D eigenvalue weighted by Gasteiger charge is 2.41. The SMILES string of the molecule is CCOC(=O)[C@@H]1C[C@@H](S(=O)(=O)Nc2nnc(-c3ccc(C)o3)n2-c2c(OC)cccc2OC)CN(c2ncc(F)cn2)C1. The van der Waals surface area contributed by atoms with Crippen LogP contribution in [0.25, 0.3) is 17.3 Å². The molecule has 1 aromatic carbocycles. The van der Waals surface area contributed by atoms with E-state index in [0.29, 0.717) is 28.7 Å². The number of furan rings is 1. The Balaban J connectivity index is 1.57. The van der Waals surface area contributed by atoms with Crippen molar-refractivity contribution in [2.24, 2.45) is 5.92 Å². The van der Waals surface area contributed by atoms with Gasteiger partial charge in [0.05, 0.1) is 44.4 Å². The molecule has 1 saturated heterocycles. The number of nitrogens with one attached hydrogen (secondary N) is 1. The number of piperidine rings is 1. The molecule has 0 amide bonds. The molecule has 0 bridgehead atoms. The van der Waals surface area contributed by atoms with Crippen LogP contribution in [0.4, 0.5) is 16.3 Å². The topological polar surface area (TPSA) is 164 Å². The van der Waals surface area contributed by atoms with Gasteiger partial charge in [-0.2, -0.15) is 0 Å². The molecule has 1 aliphatic rings. The molecule has 1 fully saturated rings. The van der Waals surface area contributed by atoms with Crippen LogP contribution in [-0.4, -0.2) is 78.3 Å². The summed E-state index contributed by atoms with van der Waals surface area (Å²) in [6.07, 6.45) is 1.89. The van der Waals surface area contributed by atoms with Crippen molar-refractivity contribution in [3.63, 3.8) is 0 Å². The Morgan fingerprint density at radius 2 is 1.79 bits per heavy atom. The van der Waals surface area contributed by atoms with E-state index in [1.165, 1.54) is 23.7 Å². The van der Waals surface area contributed by atoms with Gasteiger partial charge in [0.25, 0.3) is 0 Å². The van der Waals surface area contributed by atoms with E-state index < -0.39 is 33.0 Å². The monoisotopic (exact) mass is 615 g/mol. The lowest BCUT2D eigenvalue weighted by atomic mass is 9.98. The number of halogens is 1. The molecule has 1 aliphatic heterocycles. The van der Waals surface area contributed by atoms with Crippen LogP contribution in [0.2, 0.25) is 0 Å². The minimum Gasteiger partial charge on any atom is -0.494 e. The minimum absolute atomic E-state index is 0.0534. The van der Waals surface area contributed by atoms with Crippen molar-refractivity contribution in [3.05, 3.63) is 54.3 Å². The van der Waals surface area contributed by atoms with Gasteiger partial charge < -0.3 is 23.5 Å². The molecule has 228 valence electrons. The zero-order chi connectivity index (χ0) is 30.7. The molecule has 0 unspecified atom stereocenters. The lowest BCUT2D eigenvalue weighted by Crippen LogP contribution is -2.50. The van der Waals surface area contributed by atoms with E-state index >= 15 is 0 Å². The average Bonchev–Trinajstić information content (AvgIpc) is 3.62. The summed E-state index contributed by atoms with van der Waals surface area (Å²) in [4.78, 5) is 22.2. The Morgan fingerprint density at radius 3 is 2.40 bits per heavy atom. The van der Waals surface area contributed by atoms with E-state index in [4.69, 9.17) is 18.6 Å². The van der Waals surface area contributed by atoms with Crippen LogP contribution in [0.5, 0.6) is 11.5 Å². The Kier molecular flexibility index (Phi) is 8.47. The number of carbonyl (C=O) groups excluding carboxylic acids is 1. The first-order chi connectivity index (χ1) is 20.6. The zero-order valence-corrected chi connectivity index (χ0v) is 24.7. The number of aryl methyl sites for hydroxylation is 1. The first-order valence-electron chi connectivity index (χ1n) is 13.3. The Morgan fingerprint density at radius 1 is 1.09 bits per heavy atom. The quantitative estimate of drug-likeness (QED) is 0.260. The van der Waals surface area contributed by atoms with Gasteiger partial charge in [-0.1, -0.05) is 6.07 Å². The van der Waals surface area contributed by atoms with Crippen LogP contribution in [0, 0.1) is 18.7 Å². The van der Waals surface area contributed by atoms with Crippen LogP contribution in [-0.2, 0) is 19.6 Å².